The van der Waals surface area contributed by atoms with Crippen molar-refractivity contribution < 1.29 is 38.2 Å². The number of piperazine rings is 1. The Balaban J connectivity index is 0.000000463. The molecule has 0 radical (unpaired) electrons. The van der Waals surface area contributed by atoms with E-state index >= 15 is 0 Å². The van der Waals surface area contributed by atoms with Crippen LogP contribution in [-0.2, 0) is 38.2 Å². The largest absolute Gasteiger partial charge is 0.369 e. The number of carbonyl (C=O) groups excluding carboxylic acids is 5. The third-order valence-corrected chi connectivity index (χ3v) is 10.6. The number of ether oxygens (including phenoxy) is 3. The van der Waals surface area contributed by atoms with Crippen LogP contribution in [0.25, 0.3) is 0 Å². The lowest BCUT2D eigenvalue weighted by molar-refractivity contribution is -0.143. The Labute approximate surface area is 371 Å². The molecule has 0 atom stereocenters. The van der Waals surface area contributed by atoms with Crippen LogP contribution >= 0.6 is 0 Å². The van der Waals surface area contributed by atoms with Crippen LogP contribution in [0.4, 0.5) is 0 Å². The van der Waals surface area contributed by atoms with Gasteiger partial charge in [-0.05, 0) is 113 Å². The number of carbonyl (C=O) groups is 5. The van der Waals surface area contributed by atoms with Gasteiger partial charge in [0.05, 0.1) is 17.3 Å². The molecule has 3 heterocycles. The van der Waals surface area contributed by atoms with E-state index in [0.29, 0.717) is 38.6 Å². The Bertz CT molecular complexity index is 1320. The zero-order chi connectivity index (χ0) is 46.8. The molecule has 3 saturated heterocycles. The number of amides is 5. The second-order valence-electron chi connectivity index (χ2n) is 21.7. The van der Waals surface area contributed by atoms with Crippen molar-refractivity contribution in [1.82, 2.24) is 30.2 Å². The first-order valence-electron chi connectivity index (χ1n) is 23.0. The number of hydrogen-bond acceptors (Lipinski definition) is 9. The molecule has 0 aromatic rings. The molecule has 3 rings (SSSR count). The summed E-state index contributed by atoms with van der Waals surface area (Å²) in [7, 11) is 0. The Kier molecular flexibility index (Phi) is 24.0. The maximum absolute atomic E-state index is 12.0. The molecule has 3 fully saturated rings. The summed E-state index contributed by atoms with van der Waals surface area (Å²) in [6.45, 7) is 39.1. The second kappa shape index (κ2) is 26.1. The van der Waals surface area contributed by atoms with E-state index in [2.05, 4.69) is 50.2 Å². The van der Waals surface area contributed by atoms with Crippen LogP contribution in [0.2, 0.25) is 0 Å². The van der Waals surface area contributed by atoms with Crippen LogP contribution < -0.4 is 10.6 Å². The van der Waals surface area contributed by atoms with Crippen LogP contribution in [0.3, 0.4) is 0 Å². The molecule has 14 nitrogen and oxygen atoms in total. The fourth-order valence-corrected chi connectivity index (χ4v) is 6.58. The first-order valence-corrected chi connectivity index (χ1v) is 23.0. The van der Waals surface area contributed by atoms with E-state index in [9.17, 15) is 24.0 Å². The molecule has 3 aliphatic rings. The fourth-order valence-electron chi connectivity index (χ4n) is 6.58. The number of likely N-dealkylation sites (tertiary alicyclic amines) is 2. The summed E-state index contributed by atoms with van der Waals surface area (Å²) in [6, 6.07) is 0.939. The average Bonchev–Trinajstić information content (AvgIpc) is 3.14. The Morgan fingerprint density at radius 1 is 0.557 bits per heavy atom. The van der Waals surface area contributed by atoms with E-state index in [0.717, 1.165) is 64.7 Å². The SMILES string of the molecule is CC(C)(C)OCC(=O)N1CCC(NC(=O)C(C)(C)C)CC1.CC(C)N1CCN(C(=O)COC(C)(C)C)CC1.CC(C)OCC(=O)N1CCC(NC(=O)CCCC(C)(C)C)CC1. The Hall–Kier alpha value is -2.81. The Morgan fingerprint density at radius 3 is 1.31 bits per heavy atom. The van der Waals surface area contributed by atoms with E-state index in [4.69, 9.17) is 14.2 Å². The van der Waals surface area contributed by atoms with Crippen LogP contribution in [0.15, 0.2) is 0 Å². The lowest BCUT2D eigenvalue weighted by Crippen LogP contribution is -2.51. The van der Waals surface area contributed by atoms with Gasteiger partial charge >= 0.3 is 0 Å². The second-order valence-corrected chi connectivity index (χ2v) is 21.7. The number of nitrogens with one attached hydrogen (secondary N) is 2. The van der Waals surface area contributed by atoms with Gasteiger partial charge in [-0.25, -0.2) is 0 Å². The standard InChI is InChI=1S/C18H34N2O3.C16H30N2O3.C13H26N2O2/c1-14(2)23-13-17(22)20-11-8-15(9-12-20)19-16(21)7-6-10-18(3,4)5;1-15(2,3)14(20)17-12-7-9-18(10-8-12)13(19)11-21-16(4,5)6;1-11(2)14-6-8-15(9-7-14)12(16)10-17-13(3,4)5/h14-15H,6-13H2,1-5H3,(H,19,21);12H,7-11H2,1-6H3,(H,17,20);11H,6-10H2,1-5H3. The summed E-state index contributed by atoms with van der Waals surface area (Å²) in [5.74, 6) is 0.410. The molecular formula is C47H90N6O8. The van der Waals surface area contributed by atoms with Gasteiger partial charge in [-0.2, -0.15) is 0 Å². The number of piperidine rings is 2. The molecule has 3 aliphatic heterocycles. The van der Waals surface area contributed by atoms with Crippen molar-refractivity contribution in [3.8, 4) is 0 Å². The monoisotopic (exact) mass is 867 g/mol. The lowest BCUT2D eigenvalue weighted by atomic mass is 9.90. The first kappa shape index (κ1) is 56.2. The highest BCUT2D eigenvalue weighted by molar-refractivity contribution is 5.82. The highest BCUT2D eigenvalue weighted by Crippen LogP contribution is 2.22. The normalized spacial score (nSPS) is 17.6. The van der Waals surface area contributed by atoms with Crippen molar-refractivity contribution in [2.24, 2.45) is 10.8 Å². The minimum Gasteiger partial charge on any atom is -0.369 e. The van der Waals surface area contributed by atoms with Gasteiger partial charge < -0.3 is 39.5 Å². The van der Waals surface area contributed by atoms with Crippen molar-refractivity contribution in [2.45, 2.75) is 191 Å². The van der Waals surface area contributed by atoms with Crippen LogP contribution in [-0.4, -0.2) is 157 Å². The Morgan fingerprint density at radius 2 is 0.951 bits per heavy atom. The molecule has 5 amide bonds. The van der Waals surface area contributed by atoms with Crippen LogP contribution in [0.1, 0.15) is 156 Å². The predicted molar refractivity (Wildman–Crippen MR) is 244 cm³/mol. The van der Waals surface area contributed by atoms with Crippen molar-refractivity contribution in [3.05, 3.63) is 0 Å². The van der Waals surface area contributed by atoms with Gasteiger partial charge in [0.1, 0.15) is 19.8 Å². The fraction of sp³-hybridized carbons (Fsp3) is 0.894. The maximum atomic E-state index is 12.0. The van der Waals surface area contributed by atoms with Gasteiger partial charge in [0, 0.05) is 82.3 Å². The quantitative estimate of drug-likeness (QED) is 0.226. The van der Waals surface area contributed by atoms with Crippen LogP contribution in [0, 0.1) is 10.8 Å². The zero-order valence-electron chi connectivity index (χ0n) is 41.6. The third-order valence-electron chi connectivity index (χ3n) is 10.6. The van der Waals surface area contributed by atoms with Gasteiger partial charge in [-0.1, -0.05) is 41.5 Å². The van der Waals surface area contributed by atoms with E-state index in [1.807, 2.05) is 90.9 Å². The molecule has 0 spiro atoms. The van der Waals surface area contributed by atoms with Crippen molar-refractivity contribution in [3.63, 3.8) is 0 Å². The zero-order valence-corrected chi connectivity index (χ0v) is 41.6. The van der Waals surface area contributed by atoms with Gasteiger partial charge in [0.2, 0.25) is 29.5 Å². The molecular weight excluding hydrogens is 777 g/mol. The third kappa shape index (κ3) is 26.4. The molecule has 0 saturated carbocycles. The number of hydrogen-bond donors (Lipinski definition) is 2. The first-order chi connectivity index (χ1) is 28.0. The van der Waals surface area contributed by atoms with E-state index < -0.39 is 0 Å². The summed E-state index contributed by atoms with van der Waals surface area (Å²) < 4.78 is 16.4. The summed E-state index contributed by atoms with van der Waals surface area (Å²) in [5.41, 5.74) is -0.623. The smallest absolute Gasteiger partial charge is 0.248 e. The highest BCUT2D eigenvalue weighted by atomic mass is 16.5. The predicted octanol–water partition coefficient (Wildman–Crippen LogP) is 6.04. The highest BCUT2D eigenvalue weighted by Gasteiger charge is 2.29. The minimum atomic E-state index is -0.368. The molecule has 0 aromatic carbocycles. The van der Waals surface area contributed by atoms with Crippen LogP contribution in [0.5, 0.6) is 0 Å². The lowest BCUT2D eigenvalue weighted by Gasteiger charge is -2.37. The topological polar surface area (TPSA) is 150 Å². The van der Waals surface area contributed by atoms with E-state index in [1.165, 1.54) is 0 Å². The average molecular weight is 867 g/mol. The molecule has 2 N–H and O–H groups in total. The summed E-state index contributed by atoms with van der Waals surface area (Å²) in [5, 5.41) is 6.17. The van der Waals surface area contributed by atoms with Gasteiger partial charge in [0.15, 0.2) is 0 Å². The molecule has 356 valence electrons. The number of nitrogens with zero attached hydrogens (tertiary/aromatic N) is 4. The molecule has 0 unspecified atom stereocenters. The van der Waals surface area contributed by atoms with Gasteiger partial charge in [-0.3, -0.25) is 28.9 Å². The van der Waals surface area contributed by atoms with E-state index in [1.54, 1.807) is 0 Å². The van der Waals surface area contributed by atoms with Gasteiger partial charge in [0.25, 0.3) is 0 Å². The maximum Gasteiger partial charge on any atom is 0.248 e. The summed E-state index contributed by atoms with van der Waals surface area (Å²) in [4.78, 5) is 67.8. The molecule has 61 heavy (non-hydrogen) atoms. The van der Waals surface area contributed by atoms with Gasteiger partial charge in [-0.15, -0.1) is 0 Å². The summed E-state index contributed by atoms with van der Waals surface area (Å²) in [6.07, 6.45) is 5.94. The van der Waals surface area contributed by atoms with Crippen molar-refractivity contribution in [1.29, 1.82) is 0 Å². The van der Waals surface area contributed by atoms with E-state index in [-0.39, 0.29) is 89.6 Å². The molecule has 0 bridgehead atoms. The van der Waals surface area contributed by atoms with Crippen molar-refractivity contribution >= 4 is 29.5 Å². The minimum absolute atomic E-state index is 0.0329. The molecule has 14 heteroatoms. The summed E-state index contributed by atoms with van der Waals surface area (Å²) >= 11 is 0. The molecule has 0 aromatic heterocycles. The van der Waals surface area contributed by atoms with Crippen molar-refractivity contribution in [2.75, 3.05) is 72.2 Å². The number of rotatable bonds is 13. The molecule has 0 aliphatic carbocycles.